The fraction of sp³-hybridized carbons (Fsp3) is 0.143. The van der Waals surface area contributed by atoms with Gasteiger partial charge >= 0.3 is 0 Å². The number of halogens is 2. The highest BCUT2D eigenvalue weighted by molar-refractivity contribution is 7.17. The third-order valence-corrected chi connectivity index (χ3v) is 5.78. The number of hydrogen-bond donors (Lipinski definition) is 2. The molecule has 0 spiro atoms. The van der Waals surface area contributed by atoms with Crippen LogP contribution in [0.15, 0.2) is 54.6 Å². The van der Waals surface area contributed by atoms with E-state index in [1.165, 1.54) is 17.4 Å². The number of thiophene rings is 1. The van der Waals surface area contributed by atoms with Gasteiger partial charge in [-0.15, -0.1) is 11.3 Å². The predicted molar refractivity (Wildman–Crippen MR) is 110 cm³/mol. The molecule has 1 aromatic heterocycles. The standard InChI is InChI=1S/C21H16ClFN2O2S/c22-16-11-13(7-8-14(16)20(26)24-12-5-6-12)25-21(27)19-10-9-18(28-19)15-3-1-2-4-17(15)23/h1-4,7-12H,5-6H2,(H,24,26)(H,25,27). The number of nitrogens with one attached hydrogen (secondary N) is 2. The molecule has 1 aliphatic rings. The Morgan fingerprint density at radius 2 is 1.82 bits per heavy atom. The minimum absolute atomic E-state index is 0.210. The maximum atomic E-state index is 13.9. The maximum Gasteiger partial charge on any atom is 0.265 e. The van der Waals surface area contributed by atoms with Gasteiger partial charge in [-0.05, 0) is 49.2 Å². The molecule has 2 aromatic carbocycles. The monoisotopic (exact) mass is 414 g/mol. The second kappa shape index (κ2) is 7.73. The van der Waals surface area contributed by atoms with Crippen LogP contribution < -0.4 is 10.6 Å². The Kier molecular flexibility index (Phi) is 5.15. The SMILES string of the molecule is O=C(Nc1ccc(C(=O)NC2CC2)c(Cl)c1)c1ccc(-c2ccccc2F)s1. The highest BCUT2D eigenvalue weighted by atomic mass is 35.5. The summed E-state index contributed by atoms with van der Waals surface area (Å²) in [6, 6.07) is 14.8. The van der Waals surface area contributed by atoms with E-state index in [2.05, 4.69) is 10.6 Å². The third-order valence-electron chi connectivity index (χ3n) is 4.35. The van der Waals surface area contributed by atoms with E-state index in [0.717, 1.165) is 12.8 Å². The summed E-state index contributed by atoms with van der Waals surface area (Å²) in [5.41, 5.74) is 1.32. The minimum atomic E-state index is -0.330. The molecule has 3 aromatic rings. The Morgan fingerprint density at radius 3 is 2.54 bits per heavy atom. The molecule has 4 rings (SSSR count). The van der Waals surface area contributed by atoms with Crippen LogP contribution in [0.1, 0.15) is 32.9 Å². The lowest BCUT2D eigenvalue weighted by Gasteiger charge is -2.08. The zero-order chi connectivity index (χ0) is 19.7. The van der Waals surface area contributed by atoms with Gasteiger partial charge in [0.2, 0.25) is 0 Å². The van der Waals surface area contributed by atoms with Gasteiger partial charge in [0.15, 0.2) is 0 Å². The third kappa shape index (κ3) is 4.08. The first-order chi connectivity index (χ1) is 13.5. The van der Waals surface area contributed by atoms with Gasteiger partial charge < -0.3 is 10.6 Å². The van der Waals surface area contributed by atoms with Gasteiger partial charge in [0.25, 0.3) is 11.8 Å². The molecular weight excluding hydrogens is 399 g/mol. The number of carbonyl (C=O) groups excluding carboxylic acids is 2. The van der Waals surface area contributed by atoms with Gasteiger partial charge in [0.05, 0.1) is 15.5 Å². The number of carbonyl (C=O) groups is 2. The molecule has 142 valence electrons. The van der Waals surface area contributed by atoms with E-state index in [1.54, 1.807) is 48.5 Å². The van der Waals surface area contributed by atoms with Crippen LogP contribution in [0.5, 0.6) is 0 Å². The lowest BCUT2D eigenvalue weighted by molar-refractivity contribution is 0.0950. The summed E-state index contributed by atoms with van der Waals surface area (Å²) < 4.78 is 13.9. The van der Waals surface area contributed by atoms with E-state index in [1.807, 2.05) is 0 Å². The first kappa shape index (κ1) is 18.7. The van der Waals surface area contributed by atoms with Crippen molar-refractivity contribution in [1.82, 2.24) is 5.32 Å². The average Bonchev–Trinajstić information content (AvgIpc) is 3.34. The van der Waals surface area contributed by atoms with E-state index in [0.29, 0.717) is 26.6 Å². The Hall–Kier alpha value is -2.70. The van der Waals surface area contributed by atoms with Crippen LogP contribution in [0.4, 0.5) is 10.1 Å². The van der Waals surface area contributed by atoms with Crippen LogP contribution in [0.3, 0.4) is 0 Å². The zero-order valence-electron chi connectivity index (χ0n) is 14.7. The Labute approximate surface area is 170 Å². The molecule has 0 unspecified atom stereocenters. The van der Waals surface area contributed by atoms with Crippen molar-refractivity contribution in [1.29, 1.82) is 0 Å². The fourth-order valence-corrected chi connectivity index (χ4v) is 3.92. The second-order valence-electron chi connectivity index (χ2n) is 6.54. The highest BCUT2D eigenvalue weighted by Gasteiger charge is 2.24. The first-order valence-corrected chi connectivity index (χ1v) is 9.97. The topological polar surface area (TPSA) is 58.2 Å². The number of benzene rings is 2. The van der Waals surface area contributed by atoms with Crippen LogP contribution >= 0.6 is 22.9 Å². The summed E-state index contributed by atoms with van der Waals surface area (Å²) in [5, 5.41) is 5.91. The summed E-state index contributed by atoms with van der Waals surface area (Å²) in [5.74, 6) is -0.861. The summed E-state index contributed by atoms with van der Waals surface area (Å²) in [4.78, 5) is 25.8. The number of amides is 2. The predicted octanol–water partition coefficient (Wildman–Crippen LogP) is 5.35. The van der Waals surface area contributed by atoms with Crippen LogP contribution in [0, 0.1) is 5.82 Å². The van der Waals surface area contributed by atoms with E-state index >= 15 is 0 Å². The van der Waals surface area contributed by atoms with Crippen molar-refractivity contribution in [3.8, 4) is 10.4 Å². The molecule has 2 amide bonds. The number of anilines is 1. The fourth-order valence-electron chi connectivity index (χ4n) is 2.73. The molecule has 0 radical (unpaired) electrons. The first-order valence-electron chi connectivity index (χ1n) is 8.78. The molecule has 4 nitrogen and oxygen atoms in total. The Balaban J connectivity index is 1.47. The lowest BCUT2D eigenvalue weighted by Crippen LogP contribution is -2.25. The van der Waals surface area contributed by atoms with Crippen molar-refractivity contribution in [3.05, 3.63) is 75.9 Å². The van der Waals surface area contributed by atoms with Crippen molar-refractivity contribution < 1.29 is 14.0 Å². The van der Waals surface area contributed by atoms with E-state index in [9.17, 15) is 14.0 Å². The molecule has 1 heterocycles. The molecule has 0 bridgehead atoms. The van der Waals surface area contributed by atoms with Crippen LogP contribution in [0.25, 0.3) is 10.4 Å². The normalized spacial score (nSPS) is 13.2. The molecule has 0 saturated heterocycles. The van der Waals surface area contributed by atoms with E-state index < -0.39 is 0 Å². The van der Waals surface area contributed by atoms with Gasteiger partial charge in [-0.2, -0.15) is 0 Å². The minimum Gasteiger partial charge on any atom is -0.349 e. The quantitative estimate of drug-likeness (QED) is 0.591. The van der Waals surface area contributed by atoms with Crippen molar-refractivity contribution in [2.24, 2.45) is 0 Å². The summed E-state index contributed by atoms with van der Waals surface area (Å²) in [6.45, 7) is 0. The van der Waals surface area contributed by atoms with Crippen LogP contribution in [-0.2, 0) is 0 Å². The van der Waals surface area contributed by atoms with Gasteiger partial charge in [-0.25, -0.2) is 4.39 Å². The van der Waals surface area contributed by atoms with Crippen LogP contribution in [-0.4, -0.2) is 17.9 Å². The molecule has 1 saturated carbocycles. The van der Waals surface area contributed by atoms with E-state index in [4.69, 9.17) is 11.6 Å². The van der Waals surface area contributed by atoms with E-state index in [-0.39, 0.29) is 28.7 Å². The van der Waals surface area contributed by atoms with Gasteiger partial charge in [0, 0.05) is 22.2 Å². The van der Waals surface area contributed by atoms with Crippen molar-refractivity contribution >= 4 is 40.4 Å². The van der Waals surface area contributed by atoms with Crippen molar-refractivity contribution in [2.75, 3.05) is 5.32 Å². The number of hydrogen-bond acceptors (Lipinski definition) is 3. The molecule has 1 fully saturated rings. The summed E-state index contributed by atoms with van der Waals surface area (Å²) in [7, 11) is 0. The number of rotatable bonds is 5. The lowest BCUT2D eigenvalue weighted by atomic mass is 10.2. The average molecular weight is 415 g/mol. The largest absolute Gasteiger partial charge is 0.349 e. The molecule has 0 aliphatic heterocycles. The Bertz CT molecular complexity index is 1060. The van der Waals surface area contributed by atoms with Crippen molar-refractivity contribution in [3.63, 3.8) is 0 Å². The molecule has 0 atom stereocenters. The van der Waals surface area contributed by atoms with Gasteiger partial charge in [-0.1, -0.05) is 29.8 Å². The second-order valence-corrected chi connectivity index (χ2v) is 8.03. The molecule has 7 heteroatoms. The summed E-state index contributed by atoms with van der Waals surface area (Å²) in [6.07, 6.45) is 1.99. The van der Waals surface area contributed by atoms with Crippen molar-refractivity contribution in [2.45, 2.75) is 18.9 Å². The zero-order valence-corrected chi connectivity index (χ0v) is 16.2. The molecular formula is C21H16ClFN2O2S. The maximum absolute atomic E-state index is 13.9. The summed E-state index contributed by atoms with van der Waals surface area (Å²) >= 11 is 7.41. The highest BCUT2D eigenvalue weighted by Crippen LogP contribution is 2.31. The van der Waals surface area contributed by atoms with Gasteiger partial charge in [-0.3, -0.25) is 9.59 Å². The smallest absolute Gasteiger partial charge is 0.265 e. The molecule has 28 heavy (non-hydrogen) atoms. The molecule has 2 N–H and O–H groups in total. The molecule has 1 aliphatic carbocycles. The van der Waals surface area contributed by atoms with Crippen LogP contribution in [0.2, 0.25) is 5.02 Å². The van der Waals surface area contributed by atoms with Gasteiger partial charge in [0.1, 0.15) is 5.82 Å². The Morgan fingerprint density at radius 1 is 1.04 bits per heavy atom.